The normalized spacial score (nSPS) is 16.2. The van der Waals surface area contributed by atoms with Gasteiger partial charge in [0, 0.05) is 21.7 Å². The standard InChI is InChI=1S/C18H20Cl2N2O3S/c1-12-16(6-7-17(21-12)25-2)26(23,24)22-18(8-3-9-18)11-13-4-5-14(19)10-15(13)20/h4-7,10,22H,3,8-9,11H2,1-2H3. The lowest BCUT2D eigenvalue weighted by Gasteiger charge is -2.42. The molecule has 8 heteroatoms. The Bertz CT molecular complexity index is 928. The Hall–Kier alpha value is -1.34. The van der Waals surface area contributed by atoms with Crippen molar-refractivity contribution in [2.45, 2.75) is 43.0 Å². The smallest absolute Gasteiger partial charge is 0.242 e. The molecule has 1 fully saturated rings. The second kappa shape index (κ2) is 7.35. The quantitative estimate of drug-likeness (QED) is 0.770. The summed E-state index contributed by atoms with van der Waals surface area (Å²) in [5, 5.41) is 1.10. The number of hydrogen-bond donors (Lipinski definition) is 1. The van der Waals surface area contributed by atoms with Gasteiger partial charge in [-0.1, -0.05) is 29.3 Å². The number of benzene rings is 1. The molecule has 1 N–H and O–H groups in total. The van der Waals surface area contributed by atoms with Crippen molar-refractivity contribution in [3.05, 3.63) is 51.6 Å². The van der Waals surface area contributed by atoms with E-state index in [4.69, 9.17) is 27.9 Å². The van der Waals surface area contributed by atoms with E-state index < -0.39 is 15.6 Å². The number of methoxy groups -OCH3 is 1. The van der Waals surface area contributed by atoms with Crippen molar-refractivity contribution in [3.8, 4) is 5.88 Å². The minimum absolute atomic E-state index is 0.159. The van der Waals surface area contributed by atoms with Crippen molar-refractivity contribution in [2.75, 3.05) is 7.11 Å². The third-order valence-corrected chi connectivity index (χ3v) is 7.02. The molecule has 1 aliphatic carbocycles. The van der Waals surface area contributed by atoms with Crippen LogP contribution in [0.15, 0.2) is 35.2 Å². The second-order valence-electron chi connectivity index (χ2n) is 6.59. The van der Waals surface area contributed by atoms with Gasteiger partial charge >= 0.3 is 0 Å². The van der Waals surface area contributed by atoms with Crippen LogP contribution in [0.1, 0.15) is 30.5 Å². The Labute approximate surface area is 163 Å². The highest BCUT2D eigenvalue weighted by atomic mass is 35.5. The van der Waals surface area contributed by atoms with E-state index in [9.17, 15) is 8.42 Å². The Morgan fingerprint density at radius 3 is 2.50 bits per heavy atom. The van der Waals surface area contributed by atoms with Crippen molar-refractivity contribution in [2.24, 2.45) is 0 Å². The highest BCUT2D eigenvalue weighted by Gasteiger charge is 2.41. The number of sulfonamides is 1. The highest BCUT2D eigenvalue weighted by molar-refractivity contribution is 7.89. The first kappa shape index (κ1) is 19.4. The fourth-order valence-electron chi connectivity index (χ4n) is 3.21. The van der Waals surface area contributed by atoms with Gasteiger partial charge in [0.25, 0.3) is 0 Å². The monoisotopic (exact) mass is 414 g/mol. The van der Waals surface area contributed by atoms with Crippen LogP contribution in [0.25, 0.3) is 0 Å². The molecule has 0 aliphatic heterocycles. The number of aryl methyl sites for hydroxylation is 1. The number of rotatable bonds is 6. The van der Waals surface area contributed by atoms with Crippen molar-refractivity contribution in [3.63, 3.8) is 0 Å². The summed E-state index contributed by atoms with van der Waals surface area (Å²) in [6.07, 6.45) is 3.00. The summed E-state index contributed by atoms with van der Waals surface area (Å²) in [6, 6.07) is 8.35. The molecule has 0 amide bonds. The summed E-state index contributed by atoms with van der Waals surface area (Å²) in [7, 11) is -2.22. The maximum atomic E-state index is 12.9. The molecule has 1 aromatic carbocycles. The van der Waals surface area contributed by atoms with Gasteiger partial charge < -0.3 is 4.74 Å². The van der Waals surface area contributed by atoms with E-state index in [0.29, 0.717) is 28.0 Å². The van der Waals surface area contributed by atoms with Crippen LogP contribution in [0.5, 0.6) is 5.88 Å². The molecule has 0 unspecified atom stereocenters. The number of hydrogen-bond acceptors (Lipinski definition) is 4. The number of pyridine rings is 1. The maximum absolute atomic E-state index is 12.9. The summed E-state index contributed by atoms with van der Waals surface area (Å²) in [6.45, 7) is 1.65. The summed E-state index contributed by atoms with van der Waals surface area (Å²) in [5.41, 5.74) is 0.738. The van der Waals surface area contributed by atoms with Crippen LogP contribution >= 0.6 is 23.2 Å². The van der Waals surface area contributed by atoms with Crippen LogP contribution < -0.4 is 9.46 Å². The first-order valence-corrected chi connectivity index (χ1v) is 10.5. The Balaban J connectivity index is 1.87. The van der Waals surface area contributed by atoms with Gasteiger partial charge in [-0.3, -0.25) is 0 Å². The number of halogens is 2. The van der Waals surface area contributed by atoms with E-state index in [1.165, 1.54) is 13.2 Å². The van der Waals surface area contributed by atoms with Gasteiger partial charge in [-0.2, -0.15) is 0 Å². The van der Waals surface area contributed by atoms with Gasteiger partial charge in [-0.05, 0) is 56.4 Å². The molecule has 5 nitrogen and oxygen atoms in total. The largest absolute Gasteiger partial charge is 0.481 e. The van der Waals surface area contributed by atoms with E-state index in [1.54, 1.807) is 25.1 Å². The molecular weight excluding hydrogens is 395 g/mol. The fraction of sp³-hybridized carbons (Fsp3) is 0.389. The van der Waals surface area contributed by atoms with E-state index >= 15 is 0 Å². The van der Waals surface area contributed by atoms with Crippen molar-refractivity contribution in [1.82, 2.24) is 9.71 Å². The van der Waals surface area contributed by atoms with Crippen LogP contribution in [0.4, 0.5) is 0 Å². The van der Waals surface area contributed by atoms with E-state index in [0.717, 1.165) is 24.8 Å². The maximum Gasteiger partial charge on any atom is 0.242 e. The van der Waals surface area contributed by atoms with Gasteiger partial charge in [0.2, 0.25) is 15.9 Å². The fourth-order valence-corrected chi connectivity index (χ4v) is 5.32. The van der Waals surface area contributed by atoms with Gasteiger partial charge in [0.05, 0.1) is 12.8 Å². The lowest BCUT2D eigenvalue weighted by Crippen LogP contribution is -2.55. The first-order valence-electron chi connectivity index (χ1n) is 8.24. The van der Waals surface area contributed by atoms with Crippen molar-refractivity contribution in [1.29, 1.82) is 0 Å². The summed E-state index contributed by atoms with van der Waals surface area (Å²) < 4.78 is 33.8. The lowest BCUT2D eigenvalue weighted by atomic mass is 9.74. The van der Waals surface area contributed by atoms with Crippen molar-refractivity contribution >= 4 is 33.2 Å². The second-order valence-corrected chi connectivity index (χ2v) is 9.08. The third-order valence-electron chi connectivity index (χ3n) is 4.72. The zero-order valence-corrected chi connectivity index (χ0v) is 16.9. The topological polar surface area (TPSA) is 68.3 Å². The van der Waals surface area contributed by atoms with E-state index in [1.807, 2.05) is 6.07 Å². The molecule has 1 aromatic heterocycles. The summed E-state index contributed by atoms with van der Waals surface area (Å²) >= 11 is 12.2. The average molecular weight is 415 g/mol. The van der Waals surface area contributed by atoms with Crippen LogP contribution in [0.3, 0.4) is 0 Å². The zero-order chi connectivity index (χ0) is 18.9. The Kier molecular flexibility index (Phi) is 5.49. The summed E-state index contributed by atoms with van der Waals surface area (Å²) in [5.74, 6) is 0.382. The van der Waals surface area contributed by atoms with Gasteiger partial charge in [0.1, 0.15) is 4.90 Å². The number of aromatic nitrogens is 1. The molecule has 0 atom stereocenters. The summed E-state index contributed by atoms with van der Waals surface area (Å²) in [4.78, 5) is 4.32. The number of ether oxygens (including phenoxy) is 1. The number of nitrogens with zero attached hydrogens (tertiary/aromatic N) is 1. The van der Waals surface area contributed by atoms with Crippen LogP contribution in [-0.4, -0.2) is 26.1 Å². The van der Waals surface area contributed by atoms with Crippen LogP contribution in [0, 0.1) is 6.92 Å². The molecule has 140 valence electrons. The molecule has 3 rings (SSSR count). The molecule has 0 radical (unpaired) electrons. The molecule has 1 heterocycles. The van der Waals surface area contributed by atoms with Gasteiger partial charge in [-0.15, -0.1) is 0 Å². The molecule has 0 spiro atoms. The first-order chi connectivity index (χ1) is 12.2. The zero-order valence-electron chi connectivity index (χ0n) is 14.6. The highest BCUT2D eigenvalue weighted by Crippen LogP contribution is 2.38. The molecule has 0 saturated heterocycles. The van der Waals surface area contributed by atoms with Crippen LogP contribution in [0.2, 0.25) is 10.0 Å². The number of nitrogens with one attached hydrogen (secondary N) is 1. The minimum Gasteiger partial charge on any atom is -0.481 e. The van der Waals surface area contributed by atoms with E-state index in [2.05, 4.69) is 9.71 Å². The lowest BCUT2D eigenvalue weighted by molar-refractivity contribution is 0.220. The SMILES string of the molecule is COc1ccc(S(=O)(=O)NC2(Cc3ccc(Cl)cc3Cl)CCC2)c(C)n1. The molecular formula is C18H20Cl2N2O3S. The molecule has 1 saturated carbocycles. The minimum atomic E-state index is -3.71. The Morgan fingerprint density at radius 2 is 1.96 bits per heavy atom. The average Bonchev–Trinajstić information content (AvgIpc) is 2.54. The van der Waals surface area contributed by atoms with E-state index in [-0.39, 0.29) is 4.90 Å². The molecule has 1 aliphatic rings. The van der Waals surface area contributed by atoms with Gasteiger partial charge in [-0.25, -0.2) is 18.1 Å². The van der Waals surface area contributed by atoms with Gasteiger partial charge in [0.15, 0.2) is 0 Å². The predicted octanol–water partition coefficient (Wildman–Crippen LogP) is 4.15. The molecule has 0 bridgehead atoms. The van der Waals surface area contributed by atoms with Crippen LogP contribution in [-0.2, 0) is 16.4 Å². The third kappa shape index (κ3) is 3.98. The molecule has 26 heavy (non-hydrogen) atoms. The van der Waals surface area contributed by atoms with Crippen molar-refractivity contribution < 1.29 is 13.2 Å². The molecule has 2 aromatic rings. The Morgan fingerprint density at radius 1 is 1.23 bits per heavy atom. The predicted molar refractivity (Wildman–Crippen MR) is 103 cm³/mol.